The van der Waals surface area contributed by atoms with E-state index in [0.717, 1.165) is 55.6 Å². The van der Waals surface area contributed by atoms with Crippen molar-refractivity contribution in [1.82, 2.24) is 4.98 Å². The van der Waals surface area contributed by atoms with Gasteiger partial charge in [-0.1, -0.05) is 117 Å². The van der Waals surface area contributed by atoms with Crippen LogP contribution in [0.4, 0.5) is 17.1 Å². The van der Waals surface area contributed by atoms with E-state index in [9.17, 15) is 0 Å². The van der Waals surface area contributed by atoms with E-state index in [1.54, 1.807) is 0 Å². The fraction of sp³-hybridized carbons (Fsp3) is 0.0600. The largest absolute Gasteiger partial charge is 0.435 e. The molecule has 1 aliphatic carbocycles. The van der Waals surface area contributed by atoms with Crippen LogP contribution in [0.15, 0.2) is 174 Å². The Balaban J connectivity index is 1.07. The number of thiophene rings is 1. The summed E-state index contributed by atoms with van der Waals surface area (Å²) in [6, 6.07) is 61.3. The quantitative estimate of drug-likeness (QED) is 0.178. The molecule has 4 heteroatoms. The van der Waals surface area contributed by atoms with Crippen molar-refractivity contribution in [2.75, 3.05) is 4.90 Å². The van der Waals surface area contributed by atoms with Crippen molar-refractivity contribution in [1.29, 1.82) is 0 Å². The molecule has 0 spiro atoms. The van der Waals surface area contributed by atoms with Crippen molar-refractivity contribution in [2.45, 2.75) is 19.3 Å². The Labute approximate surface area is 317 Å². The van der Waals surface area contributed by atoms with Crippen LogP contribution in [-0.2, 0) is 5.41 Å². The zero-order valence-electron chi connectivity index (χ0n) is 29.9. The zero-order valence-corrected chi connectivity index (χ0v) is 30.7. The summed E-state index contributed by atoms with van der Waals surface area (Å²) >= 11 is 1.85. The molecule has 0 saturated carbocycles. The van der Waals surface area contributed by atoms with Gasteiger partial charge in [0, 0.05) is 53.6 Å². The van der Waals surface area contributed by atoms with Crippen LogP contribution >= 0.6 is 11.3 Å². The summed E-state index contributed by atoms with van der Waals surface area (Å²) in [5.41, 5.74) is 13.6. The summed E-state index contributed by atoms with van der Waals surface area (Å²) in [7, 11) is 0. The van der Waals surface area contributed by atoms with Crippen molar-refractivity contribution >= 4 is 70.4 Å². The number of fused-ring (bicyclic) bond motifs is 9. The van der Waals surface area contributed by atoms with E-state index < -0.39 is 0 Å². The Kier molecular flexibility index (Phi) is 6.77. The molecule has 0 bridgehead atoms. The summed E-state index contributed by atoms with van der Waals surface area (Å²) in [6.07, 6.45) is 0. The molecule has 0 fully saturated rings. The van der Waals surface area contributed by atoms with Gasteiger partial charge in [-0.2, -0.15) is 0 Å². The molecule has 0 aliphatic heterocycles. The molecule has 1 aliphatic rings. The third-order valence-electron chi connectivity index (χ3n) is 11.3. The molecule has 54 heavy (non-hydrogen) atoms. The number of anilines is 3. The maximum absolute atomic E-state index is 6.41. The minimum Gasteiger partial charge on any atom is -0.435 e. The maximum atomic E-state index is 6.41. The van der Waals surface area contributed by atoms with Crippen molar-refractivity contribution in [2.24, 2.45) is 0 Å². The van der Waals surface area contributed by atoms with Gasteiger partial charge < -0.3 is 9.32 Å². The minimum absolute atomic E-state index is 0.105. The molecule has 10 aromatic rings. The number of hydrogen-bond acceptors (Lipinski definition) is 4. The SMILES string of the molecule is CC1(C)c2ccccc2-c2ccc(N(c3ccc(-c4cc5nc(-c6ccccc6)oc5c5ccccc45)cc3)c3ccc4sc5ccccc5c4c3)cc21. The number of hydrogen-bond donors (Lipinski definition) is 0. The van der Waals surface area contributed by atoms with Crippen molar-refractivity contribution in [3.63, 3.8) is 0 Å². The lowest BCUT2D eigenvalue weighted by Crippen LogP contribution is -2.16. The lowest BCUT2D eigenvalue weighted by atomic mass is 9.82. The fourth-order valence-corrected chi connectivity index (χ4v) is 9.70. The molecule has 2 heterocycles. The smallest absolute Gasteiger partial charge is 0.227 e. The Morgan fingerprint density at radius 2 is 1.13 bits per heavy atom. The van der Waals surface area contributed by atoms with Gasteiger partial charge in [0.15, 0.2) is 5.58 Å². The second kappa shape index (κ2) is 11.8. The van der Waals surface area contributed by atoms with Crippen molar-refractivity contribution in [3.05, 3.63) is 181 Å². The molecule has 2 aromatic heterocycles. The maximum Gasteiger partial charge on any atom is 0.227 e. The van der Waals surface area contributed by atoms with E-state index in [1.807, 2.05) is 41.7 Å². The van der Waals surface area contributed by atoms with Crippen LogP contribution in [0.25, 0.3) is 75.8 Å². The standard InChI is InChI=1S/C50H34N2OS/c1-50(2)43-18-10-8-15-37(43)38-26-24-35(29-44(38)50)52(34-25-27-47-42(28-34)39-16-9-11-19-46(39)54-47)33-22-20-31(21-23-33)41-30-45-48(40-17-7-6-14-36(40)41)53-49(51-45)32-12-4-3-5-13-32/h3-30H,1-2H3. The van der Waals surface area contributed by atoms with Crippen LogP contribution in [0.1, 0.15) is 25.0 Å². The van der Waals surface area contributed by atoms with E-state index in [-0.39, 0.29) is 5.41 Å². The molecule has 3 nitrogen and oxygen atoms in total. The predicted molar refractivity (Wildman–Crippen MR) is 228 cm³/mol. The highest BCUT2D eigenvalue weighted by molar-refractivity contribution is 7.25. The number of nitrogens with zero attached hydrogens (tertiary/aromatic N) is 2. The lowest BCUT2D eigenvalue weighted by Gasteiger charge is -2.28. The minimum atomic E-state index is -0.105. The Bertz CT molecular complexity index is 3080. The molecule has 0 radical (unpaired) electrons. The van der Waals surface area contributed by atoms with Crippen molar-refractivity contribution < 1.29 is 4.42 Å². The van der Waals surface area contributed by atoms with Crippen LogP contribution in [0.2, 0.25) is 0 Å². The van der Waals surface area contributed by atoms with E-state index >= 15 is 0 Å². The molecule has 0 N–H and O–H groups in total. The van der Waals surface area contributed by atoms with E-state index in [2.05, 4.69) is 158 Å². The van der Waals surface area contributed by atoms with Gasteiger partial charge in [-0.3, -0.25) is 0 Å². The molecule has 0 amide bonds. The monoisotopic (exact) mass is 710 g/mol. The summed E-state index contributed by atoms with van der Waals surface area (Å²) in [4.78, 5) is 7.38. The summed E-state index contributed by atoms with van der Waals surface area (Å²) in [5, 5.41) is 4.78. The Hall–Kier alpha value is -6.49. The highest BCUT2D eigenvalue weighted by Crippen LogP contribution is 2.51. The normalized spacial score (nSPS) is 13.1. The first kappa shape index (κ1) is 31.1. The fourth-order valence-electron chi connectivity index (χ4n) is 8.62. The van der Waals surface area contributed by atoms with Gasteiger partial charge in [0.1, 0.15) is 5.52 Å². The van der Waals surface area contributed by atoms with E-state index in [1.165, 1.54) is 42.4 Å². The van der Waals surface area contributed by atoms with Gasteiger partial charge in [0.05, 0.1) is 0 Å². The van der Waals surface area contributed by atoms with Crippen LogP contribution in [0.5, 0.6) is 0 Å². The third-order valence-corrected chi connectivity index (χ3v) is 12.4. The predicted octanol–water partition coefficient (Wildman–Crippen LogP) is 14.5. The molecule has 11 rings (SSSR count). The average Bonchev–Trinajstić information content (AvgIpc) is 3.89. The molecular formula is C50H34N2OS. The van der Waals surface area contributed by atoms with Gasteiger partial charge in [0.25, 0.3) is 0 Å². The number of benzene rings is 8. The summed E-state index contributed by atoms with van der Waals surface area (Å²) < 4.78 is 9.02. The second-order valence-electron chi connectivity index (χ2n) is 14.8. The van der Waals surface area contributed by atoms with E-state index in [4.69, 9.17) is 9.40 Å². The highest BCUT2D eigenvalue weighted by atomic mass is 32.1. The molecule has 8 aromatic carbocycles. The topological polar surface area (TPSA) is 29.3 Å². The Morgan fingerprint density at radius 1 is 0.481 bits per heavy atom. The number of rotatable bonds is 5. The second-order valence-corrected chi connectivity index (χ2v) is 15.8. The average molecular weight is 711 g/mol. The van der Waals surface area contributed by atoms with Gasteiger partial charge in [0.2, 0.25) is 5.89 Å². The number of aromatic nitrogens is 1. The highest BCUT2D eigenvalue weighted by Gasteiger charge is 2.35. The first-order valence-corrected chi connectivity index (χ1v) is 19.3. The first-order chi connectivity index (χ1) is 26.5. The molecule has 0 unspecified atom stereocenters. The van der Waals surface area contributed by atoms with Gasteiger partial charge in [-0.25, -0.2) is 4.98 Å². The summed E-state index contributed by atoms with van der Waals surface area (Å²) in [6.45, 7) is 4.70. The Morgan fingerprint density at radius 3 is 1.98 bits per heavy atom. The van der Waals surface area contributed by atoms with Crippen LogP contribution in [-0.4, -0.2) is 4.98 Å². The van der Waals surface area contributed by atoms with Gasteiger partial charge in [-0.05, 0) is 105 Å². The van der Waals surface area contributed by atoms with Crippen LogP contribution < -0.4 is 4.90 Å². The van der Waals surface area contributed by atoms with Crippen LogP contribution in [0, 0.1) is 0 Å². The summed E-state index contributed by atoms with van der Waals surface area (Å²) in [5.74, 6) is 0.634. The lowest BCUT2D eigenvalue weighted by molar-refractivity contribution is 0.623. The zero-order chi connectivity index (χ0) is 36.0. The first-order valence-electron chi connectivity index (χ1n) is 18.5. The van der Waals surface area contributed by atoms with Gasteiger partial charge >= 0.3 is 0 Å². The number of oxazole rings is 1. The molecular weight excluding hydrogens is 677 g/mol. The van der Waals surface area contributed by atoms with Crippen LogP contribution in [0.3, 0.4) is 0 Å². The molecule has 256 valence electrons. The van der Waals surface area contributed by atoms with Gasteiger partial charge in [-0.15, -0.1) is 11.3 Å². The van der Waals surface area contributed by atoms with Crippen molar-refractivity contribution in [3.8, 4) is 33.7 Å². The van der Waals surface area contributed by atoms with E-state index in [0.29, 0.717) is 5.89 Å². The third kappa shape index (κ3) is 4.70. The molecule has 0 saturated heterocycles. The molecule has 0 atom stereocenters.